The number of benzene rings is 2. The van der Waals surface area contributed by atoms with Crippen molar-refractivity contribution >= 4 is 23.4 Å². The molecule has 0 spiro atoms. The molecule has 0 aromatic heterocycles. The summed E-state index contributed by atoms with van der Waals surface area (Å²) in [5, 5.41) is 3.60. The number of fused-ring (bicyclic) bond motifs is 2. The van der Waals surface area contributed by atoms with Gasteiger partial charge in [-0.1, -0.05) is 61.0 Å². The highest BCUT2D eigenvalue weighted by Gasteiger charge is 2.39. The molecule has 2 aliphatic rings. The molecular weight excluding hydrogens is 296 g/mol. The molecule has 1 fully saturated rings. The number of amides is 1. The Hall–Kier alpha value is -2.55. The lowest BCUT2D eigenvalue weighted by Gasteiger charge is -2.23. The van der Waals surface area contributed by atoms with E-state index in [1.807, 2.05) is 41.3 Å². The minimum atomic E-state index is 0.0996. The van der Waals surface area contributed by atoms with E-state index in [1.165, 1.54) is 0 Å². The van der Waals surface area contributed by atoms with Crippen LogP contribution in [0.5, 0.6) is 0 Å². The Morgan fingerprint density at radius 1 is 1.04 bits per heavy atom. The van der Waals surface area contributed by atoms with Crippen LogP contribution in [0.4, 0.5) is 11.4 Å². The summed E-state index contributed by atoms with van der Waals surface area (Å²) in [4.78, 5) is 15.0. The van der Waals surface area contributed by atoms with E-state index in [-0.39, 0.29) is 17.9 Å². The van der Waals surface area contributed by atoms with Gasteiger partial charge < -0.3 is 10.2 Å². The number of hydrogen-bond acceptors (Lipinski definition) is 2. The third-order valence-corrected chi connectivity index (χ3v) is 5.03. The van der Waals surface area contributed by atoms with Gasteiger partial charge in [-0.3, -0.25) is 4.79 Å². The standard InChI is InChI=1S/C21H22N2O/c24-21-17-11-6-13-18(17)22-19-12-4-5-14-20(19)23(21)15-7-10-16-8-2-1-3-9-16/h1-5,7-10,12,14,17-18,22H,6,11,13,15H2/t17-,18+/m0/s1. The third-order valence-electron chi connectivity index (χ3n) is 5.03. The molecule has 24 heavy (non-hydrogen) atoms. The summed E-state index contributed by atoms with van der Waals surface area (Å²) >= 11 is 0. The number of nitrogens with one attached hydrogen (secondary N) is 1. The topological polar surface area (TPSA) is 32.3 Å². The maximum atomic E-state index is 13.1. The Labute approximate surface area is 143 Å². The zero-order valence-electron chi connectivity index (χ0n) is 13.7. The lowest BCUT2D eigenvalue weighted by Crippen LogP contribution is -2.38. The molecule has 122 valence electrons. The average Bonchev–Trinajstić information content (AvgIpc) is 3.04. The molecule has 1 amide bonds. The first-order valence-electron chi connectivity index (χ1n) is 8.71. The van der Waals surface area contributed by atoms with Crippen molar-refractivity contribution in [2.24, 2.45) is 5.92 Å². The van der Waals surface area contributed by atoms with Crippen molar-refractivity contribution in [3.63, 3.8) is 0 Å². The molecule has 1 heterocycles. The SMILES string of the molecule is O=C1[C@H]2CCC[C@H]2Nc2ccccc2N1CC=Cc1ccccc1. The number of para-hydroxylation sites is 2. The van der Waals surface area contributed by atoms with Crippen LogP contribution >= 0.6 is 0 Å². The molecule has 0 bridgehead atoms. The first kappa shape index (κ1) is 15.0. The van der Waals surface area contributed by atoms with Crippen molar-refractivity contribution in [1.29, 1.82) is 0 Å². The minimum absolute atomic E-state index is 0.0996. The Morgan fingerprint density at radius 2 is 1.83 bits per heavy atom. The van der Waals surface area contributed by atoms with Crippen molar-refractivity contribution in [1.82, 2.24) is 0 Å². The average molecular weight is 318 g/mol. The summed E-state index contributed by atoms with van der Waals surface area (Å²) in [6.07, 6.45) is 7.37. The van der Waals surface area contributed by atoms with Crippen LogP contribution in [0.25, 0.3) is 6.08 Å². The van der Waals surface area contributed by atoms with Gasteiger partial charge in [0.15, 0.2) is 0 Å². The molecular formula is C21H22N2O. The monoisotopic (exact) mass is 318 g/mol. The van der Waals surface area contributed by atoms with E-state index in [0.29, 0.717) is 6.54 Å². The molecule has 4 rings (SSSR count). The second-order valence-corrected chi connectivity index (χ2v) is 6.57. The van der Waals surface area contributed by atoms with E-state index in [4.69, 9.17) is 0 Å². The largest absolute Gasteiger partial charge is 0.380 e. The number of hydrogen-bond donors (Lipinski definition) is 1. The summed E-state index contributed by atoms with van der Waals surface area (Å²) in [5.41, 5.74) is 3.23. The third kappa shape index (κ3) is 2.82. The van der Waals surface area contributed by atoms with E-state index in [0.717, 1.165) is 36.2 Å². The second kappa shape index (κ2) is 6.52. The first-order valence-corrected chi connectivity index (χ1v) is 8.71. The van der Waals surface area contributed by atoms with Crippen LogP contribution in [0.15, 0.2) is 60.7 Å². The van der Waals surface area contributed by atoms with Gasteiger partial charge in [-0.15, -0.1) is 0 Å². The Bertz CT molecular complexity index is 753. The van der Waals surface area contributed by atoms with Crippen LogP contribution in [0.2, 0.25) is 0 Å². The molecule has 0 radical (unpaired) electrons. The molecule has 2 atom stereocenters. The predicted molar refractivity (Wildman–Crippen MR) is 99.0 cm³/mol. The summed E-state index contributed by atoms with van der Waals surface area (Å²) in [6.45, 7) is 0.607. The van der Waals surface area contributed by atoms with Gasteiger partial charge in [-0.25, -0.2) is 0 Å². The van der Waals surface area contributed by atoms with Crippen molar-refractivity contribution < 1.29 is 4.79 Å². The normalized spacial score (nSPS) is 22.8. The lowest BCUT2D eigenvalue weighted by atomic mass is 10.0. The van der Waals surface area contributed by atoms with Crippen LogP contribution in [0.3, 0.4) is 0 Å². The quantitative estimate of drug-likeness (QED) is 0.913. The number of carbonyl (C=O) groups is 1. The zero-order chi connectivity index (χ0) is 16.4. The van der Waals surface area contributed by atoms with Gasteiger partial charge in [0.05, 0.1) is 17.3 Å². The van der Waals surface area contributed by atoms with Crippen LogP contribution in [-0.4, -0.2) is 18.5 Å². The maximum Gasteiger partial charge on any atom is 0.232 e. The van der Waals surface area contributed by atoms with Crippen molar-refractivity contribution in [3.8, 4) is 0 Å². The second-order valence-electron chi connectivity index (χ2n) is 6.57. The molecule has 1 aliphatic carbocycles. The Balaban J connectivity index is 1.62. The smallest absolute Gasteiger partial charge is 0.232 e. The summed E-state index contributed by atoms with van der Waals surface area (Å²) in [5.74, 6) is 0.357. The van der Waals surface area contributed by atoms with Gasteiger partial charge in [-0.2, -0.15) is 0 Å². The van der Waals surface area contributed by atoms with Gasteiger partial charge in [0.2, 0.25) is 5.91 Å². The van der Waals surface area contributed by atoms with Gasteiger partial charge in [0, 0.05) is 12.6 Å². The highest BCUT2D eigenvalue weighted by molar-refractivity contribution is 6.00. The van der Waals surface area contributed by atoms with Gasteiger partial charge in [0.25, 0.3) is 0 Å². The van der Waals surface area contributed by atoms with E-state index in [2.05, 4.69) is 35.7 Å². The van der Waals surface area contributed by atoms with Gasteiger partial charge in [-0.05, 0) is 30.5 Å². The Morgan fingerprint density at radius 3 is 2.71 bits per heavy atom. The molecule has 3 nitrogen and oxygen atoms in total. The first-order chi connectivity index (χ1) is 11.8. The fraction of sp³-hybridized carbons (Fsp3) is 0.286. The van der Waals surface area contributed by atoms with E-state index in [1.54, 1.807) is 0 Å². The fourth-order valence-electron chi connectivity index (χ4n) is 3.82. The van der Waals surface area contributed by atoms with Crippen molar-refractivity contribution in [2.75, 3.05) is 16.8 Å². The van der Waals surface area contributed by atoms with Crippen LogP contribution in [0.1, 0.15) is 24.8 Å². The van der Waals surface area contributed by atoms with E-state index >= 15 is 0 Å². The van der Waals surface area contributed by atoms with Gasteiger partial charge in [0.1, 0.15) is 0 Å². The van der Waals surface area contributed by atoms with E-state index < -0.39 is 0 Å². The van der Waals surface area contributed by atoms with Crippen molar-refractivity contribution in [3.05, 3.63) is 66.2 Å². The molecule has 3 heteroatoms. The lowest BCUT2D eigenvalue weighted by molar-refractivity contribution is -0.122. The molecule has 1 N–H and O–H groups in total. The van der Waals surface area contributed by atoms with Crippen LogP contribution < -0.4 is 10.2 Å². The maximum absolute atomic E-state index is 13.1. The minimum Gasteiger partial charge on any atom is -0.380 e. The molecule has 0 saturated heterocycles. The fourth-order valence-corrected chi connectivity index (χ4v) is 3.82. The number of rotatable bonds is 3. The summed E-state index contributed by atoms with van der Waals surface area (Å²) in [7, 11) is 0. The Kier molecular flexibility index (Phi) is 4.08. The van der Waals surface area contributed by atoms with E-state index in [9.17, 15) is 4.79 Å². The summed E-state index contributed by atoms with van der Waals surface area (Å²) < 4.78 is 0. The van der Waals surface area contributed by atoms with Crippen LogP contribution in [0, 0.1) is 5.92 Å². The predicted octanol–water partition coefficient (Wildman–Crippen LogP) is 4.33. The highest BCUT2D eigenvalue weighted by Crippen LogP contribution is 2.38. The molecule has 2 aromatic carbocycles. The number of nitrogens with zero attached hydrogens (tertiary/aromatic N) is 1. The number of anilines is 2. The van der Waals surface area contributed by atoms with Crippen molar-refractivity contribution in [2.45, 2.75) is 25.3 Å². The zero-order valence-corrected chi connectivity index (χ0v) is 13.7. The molecule has 0 unspecified atom stereocenters. The molecule has 1 aliphatic heterocycles. The highest BCUT2D eigenvalue weighted by atomic mass is 16.2. The van der Waals surface area contributed by atoms with Gasteiger partial charge >= 0.3 is 0 Å². The van der Waals surface area contributed by atoms with Crippen LogP contribution in [-0.2, 0) is 4.79 Å². The molecule has 1 saturated carbocycles. The number of carbonyl (C=O) groups excluding carboxylic acids is 1. The molecule has 2 aromatic rings. The summed E-state index contributed by atoms with van der Waals surface area (Å²) in [6, 6.07) is 18.6.